The first kappa shape index (κ1) is 11.6. The zero-order valence-electron chi connectivity index (χ0n) is 10.1. The standard InChI is InChI=1S/C13H9N5S/c1-8-2-3-9-11(6-8)19-13(17-9)18-12-10(7-14)15-4-5-16-12/h2-6H,1H3,(H,16,17,18). The second-order valence-electron chi connectivity index (χ2n) is 3.98. The Morgan fingerprint density at radius 1 is 1.26 bits per heavy atom. The van der Waals surface area contributed by atoms with Gasteiger partial charge in [-0.05, 0) is 24.6 Å². The number of benzene rings is 1. The van der Waals surface area contributed by atoms with Gasteiger partial charge in [0.15, 0.2) is 16.6 Å². The first-order valence-corrected chi connectivity index (χ1v) is 6.43. The molecule has 0 amide bonds. The number of nitrogens with zero attached hydrogens (tertiary/aromatic N) is 4. The molecule has 1 N–H and O–H groups in total. The Labute approximate surface area is 113 Å². The van der Waals surface area contributed by atoms with E-state index in [0.29, 0.717) is 10.9 Å². The second-order valence-corrected chi connectivity index (χ2v) is 5.01. The molecule has 0 aliphatic carbocycles. The summed E-state index contributed by atoms with van der Waals surface area (Å²) in [6.45, 7) is 2.04. The third-order valence-electron chi connectivity index (χ3n) is 2.57. The number of aryl methyl sites for hydroxylation is 1. The minimum atomic E-state index is 0.262. The highest BCUT2D eigenvalue weighted by Crippen LogP contribution is 2.28. The predicted molar refractivity (Wildman–Crippen MR) is 74.4 cm³/mol. The molecule has 0 saturated heterocycles. The zero-order chi connectivity index (χ0) is 13.2. The Morgan fingerprint density at radius 2 is 2.11 bits per heavy atom. The van der Waals surface area contributed by atoms with E-state index < -0.39 is 0 Å². The maximum Gasteiger partial charge on any atom is 0.189 e. The molecule has 0 aliphatic rings. The Balaban J connectivity index is 1.99. The molecule has 5 nitrogen and oxygen atoms in total. The Kier molecular flexibility index (Phi) is 2.82. The van der Waals surface area contributed by atoms with E-state index in [0.717, 1.165) is 10.2 Å². The summed E-state index contributed by atoms with van der Waals surface area (Å²) in [5.74, 6) is 0.431. The van der Waals surface area contributed by atoms with Gasteiger partial charge in [0.2, 0.25) is 0 Å². The van der Waals surface area contributed by atoms with Crippen LogP contribution in [0.1, 0.15) is 11.3 Å². The maximum atomic E-state index is 8.96. The van der Waals surface area contributed by atoms with Crippen molar-refractivity contribution in [1.82, 2.24) is 15.0 Å². The van der Waals surface area contributed by atoms with Crippen LogP contribution in [0.15, 0.2) is 30.6 Å². The van der Waals surface area contributed by atoms with Gasteiger partial charge < -0.3 is 5.32 Å². The van der Waals surface area contributed by atoms with E-state index in [2.05, 4.69) is 26.3 Å². The van der Waals surface area contributed by atoms with Crippen LogP contribution in [-0.2, 0) is 0 Å². The lowest BCUT2D eigenvalue weighted by Crippen LogP contribution is -1.97. The van der Waals surface area contributed by atoms with Gasteiger partial charge in [0.05, 0.1) is 10.2 Å². The Morgan fingerprint density at radius 3 is 2.95 bits per heavy atom. The van der Waals surface area contributed by atoms with Crippen molar-refractivity contribution in [2.75, 3.05) is 5.32 Å². The molecule has 19 heavy (non-hydrogen) atoms. The second kappa shape index (κ2) is 4.63. The van der Waals surface area contributed by atoms with Gasteiger partial charge in [0.25, 0.3) is 0 Å². The molecular weight excluding hydrogens is 258 g/mol. The molecule has 6 heteroatoms. The lowest BCUT2D eigenvalue weighted by molar-refractivity contribution is 1.16. The highest BCUT2D eigenvalue weighted by atomic mass is 32.1. The summed E-state index contributed by atoms with van der Waals surface area (Å²) >= 11 is 1.53. The van der Waals surface area contributed by atoms with E-state index in [-0.39, 0.29) is 5.69 Å². The van der Waals surface area contributed by atoms with Crippen molar-refractivity contribution < 1.29 is 0 Å². The third-order valence-corrected chi connectivity index (χ3v) is 3.51. The van der Waals surface area contributed by atoms with Crippen molar-refractivity contribution in [2.45, 2.75) is 6.92 Å². The fraction of sp³-hybridized carbons (Fsp3) is 0.0769. The molecule has 0 aliphatic heterocycles. The number of fused-ring (bicyclic) bond motifs is 1. The predicted octanol–water partition coefficient (Wildman–Crippen LogP) is 3.01. The number of aromatic nitrogens is 3. The number of hydrogen-bond acceptors (Lipinski definition) is 6. The molecule has 0 unspecified atom stereocenters. The molecule has 92 valence electrons. The monoisotopic (exact) mass is 267 g/mol. The van der Waals surface area contributed by atoms with E-state index >= 15 is 0 Å². The number of rotatable bonds is 2. The SMILES string of the molecule is Cc1ccc2nc(Nc3nccnc3C#N)sc2c1. The minimum absolute atomic E-state index is 0.262. The van der Waals surface area contributed by atoms with Crippen molar-refractivity contribution in [3.8, 4) is 6.07 Å². The van der Waals surface area contributed by atoms with Crippen LogP contribution >= 0.6 is 11.3 Å². The molecule has 2 heterocycles. The van der Waals surface area contributed by atoms with Crippen LogP contribution in [-0.4, -0.2) is 15.0 Å². The van der Waals surface area contributed by atoms with E-state index in [9.17, 15) is 0 Å². The van der Waals surface area contributed by atoms with Crippen molar-refractivity contribution in [1.29, 1.82) is 5.26 Å². The lowest BCUT2D eigenvalue weighted by Gasteiger charge is -2.01. The summed E-state index contributed by atoms with van der Waals surface area (Å²) in [4.78, 5) is 12.5. The van der Waals surface area contributed by atoms with Gasteiger partial charge in [-0.2, -0.15) is 5.26 Å². The minimum Gasteiger partial charge on any atom is -0.314 e. The third kappa shape index (κ3) is 2.23. The van der Waals surface area contributed by atoms with Crippen LogP contribution in [0.2, 0.25) is 0 Å². The molecule has 0 radical (unpaired) electrons. The molecule has 0 spiro atoms. The van der Waals surface area contributed by atoms with Gasteiger partial charge in [-0.25, -0.2) is 15.0 Å². The van der Waals surface area contributed by atoms with Gasteiger partial charge in [-0.1, -0.05) is 17.4 Å². The zero-order valence-corrected chi connectivity index (χ0v) is 10.9. The normalized spacial score (nSPS) is 10.3. The molecule has 0 fully saturated rings. The first-order valence-electron chi connectivity index (χ1n) is 5.61. The quantitative estimate of drug-likeness (QED) is 0.772. The molecule has 0 atom stereocenters. The summed E-state index contributed by atoms with van der Waals surface area (Å²) in [5.41, 5.74) is 2.39. The number of nitrogens with one attached hydrogen (secondary N) is 1. The molecule has 3 aromatic rings. The molecule has 0 bridgehead atoms. The smallest absolute Gasteiger partial charge is 0.189 e. The van der Waals surface area contributed by atoms with Crippen LogP contribution < -0.4 is 5.32 Å². The average Bonchev–Trinajstić information content (AvgIpc) is 2.80. The summed E-state index contributed by atoms with van der Waals surface area (Å²) < 4.78 is 1.10. The topological polar surface area (TPSA) is 74.5 Å². The summed E-state index contributed by atoms with van der Waals surface area (Å²) in [6, 6.07) is 8.09. The number of thiazole rings is 1. The molecule has 0 saturated carbocycles. The van der Waals surface area contributed by atoms with E-state index in [1.807, 2.05) is 25.1 Å². The van der Waals surface area contributed by atoms with Crippen molar-refractivity contribution in [3.63, 3.8) is 0 Å². The van der Waals surface area contributed by atoms with Gasteiger partial charge in [-0.3, -0.25) is 0 Å². The van der Waals surface area contributed by atoms with Crippen LogP contribution in [0, 0.1) is 18.3 Å². The largest absolute Gasteiger partial charge is 0.314 e. The summed E-state index contributed by atoms with van der Waals surface area (Å²) in [7, 11) is 0. The fourth-order valence-electron chi connectivity index (χ4n) is 1.70. The highest BCUT2D eigenvalue weighted by Gasteiger charge is 2.08. The Bertz CT molecular complexity index is 787. The van der Waals surface area contributed by atoms with Crippen molar-refractivity contribution in [2.24, 2.45) is 0 Å². The van der Waals surface area contributed by atoms with E-state index in [4.69, 9.17) is 5.26 Å². The summed E-state index contributed by atoms with van der Waals surface area (Å²) in [6.07, 6.45) is 3.03. The highest BCUT2D eigenvalue weighted by molar-refractivity contribution is 7.22. The average molecular weight is 267 g/mol. The van der Waals surface area contributed by atoms with Crippen molar-refractivity contribution >= 4 is 32.5 Å². The van der Waals surface area contributed by atoms with Gasteiger partial charge in [-0.15, -0.1) is 0 Å². The number of anilines is 2. The first-order chi connectivity index (χ1) is 9.26. The number of nitriles is 1. The molecule has 2 aromatic heterocycles. The van der Waals surface area contributed by atoms with Crippen LogP contribution in [0.3, 0.4) is 0 Å². The van der Waals surface area contributed by atoms with Crippen LogP contribution in [0.25, 0.3) is 10.2 Å². The van der Waals surface area contributed by atoms with Gasteiger partial charge in [0.1, 0.15) is 6.07 Å². The summed E-state index contributed by atoms with van der Waals surface area (Å²) in [5, 5.41) is 12.7. The molecular formula is C13H9N5S. The van der Waals surface area contributed by atoms with Crippen LogP contribution in [0.4, 0.5) is 10.9 Å². The lowest BCUT2D eigenvalue weighted by atomic mass is 10.2. The molecule has 3 rings (SSSR count). The van der Waals surface area contributed by atoms with E-state index in [1.54, 1.807) is 6.20 Å². The van der Waals surface area contributed by atoms with Gasteiger partial charge in [0, 0.05) is 12.4 Å². The van der Waals surface area contributed by atoms with E-state index in [1.165, 1.54) is 23.1 Å². The maximum absolute atomic E-state index is 8.96. The number of hydrogen-bond donors (Lipinski definition) is 1. The van der Waals surface area contributed by atoms with Crippen molar-refractivity contribution in [3.05, 3.63) is 41.9 Å². The Hall–Kier alpha value is -2.52. The molecule has 1 aromatic carbocycles. The van der Waals surface area contributed by atoms with Gasteiger partial charge >= 0.3 is 0 Å². The fourth-order valence-corrected chi connectivity index (χ4v) is 2.66. The van der Waals surface area contributed by atoms with Crippen LogP contribution in [0.5, 0.6) is 0 Å².